The Kier molecular flexibility index (Phi) is 7.47. The number of likely N-dealkylation sites (tertiary alicyclic amines) is 1. The summed E-state index contributed by atoms with van der Waals surface area (Å²) in [6, 6.07) is 4.01. The van der Waals surface area contributed by atoms with E-state index in [4.69, 9.17) is 17.3 Å². The summed E-state index contributed by atoms with van der Waals surface area (Å²) in [4.78, 5) is 28.0. The maximum atomic E-state index is 13.6. The van der Waals surface area contributed by atoms with Gasteiger partial charge in [-0.05, 0) is 63.8 Å². The molecule has 1 atom stereocenters. The highest BCUT2D eigenvalue weighted by molar-refractivity contribution is 7.89. The van der Waals surface area contributed by atoms with Crippen LogP contribution >= 0.6 is 0 Å². The number of primary amides is 1. The molecule has 12 heteroatoms. The summed E-state index contributed by atoms with van der Waals surface area (Å²) >= 11 is 0. The van der Waals surface area contributed by atoms with Gasteiger partial charge in [-0.1, -0.05) is 20.3 Å². The predicted octanol–water partition coefficient (Wildman–Crippen LogP) is 2.28. The van der Waals surface area contributed by atoms with Crippen LogP contribution in [-0.4, -0.2) is 67.7 Å². The third kappa shape index (κ3) is 6.88. The number of sulfonamides is 1. The maximum Gasteiger partial charge on any atom is 0.269 e. The number of carbonyl (C=O) groups excluding carboxylic acids is 2. The number of anilines is 1. The molecule has 1 aliphatic rings. The van der Waals surface area contributed by atoms with Crippen LogP contribution in [0.3, 0.4) is 0 Å². The number of aryl methyl sites for hydroxylation is 2. The number of hydrogen-bond acceptors (Lipinski definition) is 7. The average Bonchev–Trinajstić information content (AvgIpc) is 3.51. The van der Waals surface area contributed by atoms with Gasteiger partial charge in [-0.15, -0.1) is 0 Å². The minimum absolute atomic E-state index is 0.0322. The van der Waals surface area contributed by atoms with Gasteiger partial charge >= 0.3 is 0 Å². The van der Waals surface area contributed by atoms with Crippen molar-refractivity contribution in [1.82, 2.24) is 19.4 Å². The normalized spacial score (nSPS) is 18.9. The van der Waals surface area contributed by atoms with Crippen LogP contribution in [0.25, 0.3) is 0 Å². The van der Waals surface area contributed by atoms with Gasteiger partial charge in [0, 0.05) is 26.4 Å². The number of nitrogens with two attached hydrogens (primary N) is 1. The molecule has 0 bridgehead atoms. The van der Waals surface area contributed by atoms with Gasteiger partial charge in [-0.3, -0.25) is 14.3 Å². The number of nitrogens with zero attached hydrogens (tertiary/aromatic N) is 3. The summed E-state index contributed by atoms with van der Waals surface area (Å²) in [5.74, 6) is -2.21. The van der Waals surface area contributed by atoms with Crippen molar-refractivity contribution in [2.75, 3.05) is 32.1 Å². The lowest BCUT2D eigenvalue weighted by atomic mass is 10.1. The van der Waals surface area contributed by atoms with E-state index in [9.17, 15) is 18.0 Å². The molecule has 0 spiro atoms. The maximum absolute atomic E-state index is 13.6. The molecule has 4 N–H and O–H groups in total. The molecule has 1 aromatic carbocycles. The van der Waals surface area contributed by atoms with E-state index in [1.807, 2.05) is 14.0 Å². The van der Waals surface area contributed by atoms with Crippen LogP contribution < -0.4 is 20.5 Å². The molecule has 1 saturated heterocycles. The molecular weight excluding hydrogens is 496 g/mol. The predicted molar refractivity (Wildman–Crippen MR) is 141 cm³/mol. The standard InChI is InChI=1S/C25H38N6O5S/c1-5-8-20-22(23(24(26)32)31(4)29-20)28-25(33)19-16-18(10-11-21(19)36-15-6-2)37(34,35)27-13-12-17-9-7-14-30(17)3/h10-11,16-17,27H,5-9,12-15H2,1-4H3,(H2,26,32)(H,28,33)/i4D3,8D2. The largest absolute Gasteiger partial charge is 0.493 e. The minimum Gasteiger partial charge on any atom is -0.493 e. The van der Waals surface area contributed by atoms with Crippen molar-refractivity contribution in [3.05, 3.63) is 35.2 Å². The van der Waals surface area contributed by atoms with E-state index in [1.165, 1.54) is 19.1 Å². The molecule has 1 fully saturated rings. The third-order valence-electron chi connectivity index (χ3n) is 6.11. The summed E-state index contributed by atoms with van der Waals surface area (Å²) in [6.07, 6.45) is 0.800. The number of ether oxygens (including phenoxy) is 1. The fourth-order valence-corrected chi connectivity index (χ4v) is 5.29. The van der Waals surface area contributed by atoms with E-state index < -0.39 is 52.3 Å². The van der Waals surface area contributed by atoms with Gasteiger partial charge in [0.05, 0.1) is 28.4 Å². The quantitative estimate of drug-likeness (QED) is 0.353. The molecular formula is C25H38N6O5S. The van der Waals surface area contributed by atoms with Crippen molar-refractivity contribution >= 4 is 27.5 Å². The molecule has 2 amide bonds. The fraction of sp³-hybridized carbons (Fsp3) is 0.560. The molecule has 204 valence electrons. The molecule has 2 aromatic rings. The van der Waals surface area contributed by atoms with Gasteiger partial charge in [0.15, 0.2) is 0 Å². The molecule has 1 aromatic heterocycles. The first-order valence-corrected chi connectivity index (χ1v) is 13.7. The summed E-state index contributed by atoms with van der Waals surface area (Å²) in [7, 11) is -2.04. The van der Waals surface area contributed by atoms with E-state index in [1.54, 1.807) is 0 Å². The number of rotatable bonds is 13. The Morgan fingerprint density at radius 2 is 2.11 bits per heavy atom. The van der Waals surface area contributed by atoms with Crippen LogP contribution in [0.15, 0.2) is 23.1 Å². The van der Waals surface area contributed by atoms with Gasteiger partial charge in [0.2, 0.25) is 10.0 Å². The third-order valence-corrected chi connectivity index (χ3v) is 7.57. The van der Waals surface area contributed by atoms with Gasteiger partial charge in [-0.25, -0.2) is 13.1 Å². The van der Waals surface area contributed by atoms with Crippen LogP contribution in [0.1, 0.15) is 79.3 Å². The van der Waals surface area contributed by atoms with Gasteiger partial charge in [-0.2, -0.15) is 5.10 Å². The Labute approximate surface area is 225 Å². The zero-order chi connectivity index (χ0) is 31.5. The highest BCUT2D eigenvalue weighted by Gasteiger charge is 2.26. The molecule has 0 saturated carbocycles. The SMILES string of the molecule is [2H]C([2H])(CC)c1nn(C([2H])([2H])[2H])c(C(N)=O)c1NC(=O)c1cc(S(=O)(=O)NCCC2CCCN2C)ccc1OCCC. The van der Waals surface area contributed by atoms with Crippen molar-refractivity contribution in [3.63, 3.8) is 0 Å². The summed E-state index contributed by atoms with van der Waals surface area (Å²) in [6.45, 7) is 1.65. The number of hydrogen-bond donors (Lipinski definition) is 3. The van der Waals surface area contributed by atoms with Gasteiger partial charge in [0.25, 0.3) is 11.8 Å². The number of nitrogens with one attached hydrogen (secondary N) is 2. The lowest BCUT2D eigenvalue weighted by Crippen LogP contribution is -2.32. The van der Waals surface area contributed by atoms with Crippen LogP contribution in [0, 0.1) is 0 Å². The minimum atomic E-state index is -4.04. The van der Waals surface area contributed by atoms with Crippen LogP contribution in [0.5, 0.6) is 5.75 Å². The molecule has 11 nitrogen and oxygen atoms in total. The summed E-state index contributed by atoms with van der Waals surface area (Å²) in [5.41, 5.74) is 3.46. The first kappa shape index (κ1) is 22.1. The summed E-state index contributed by atoms with van der Waals surface area (Å²) in [5, 5.41) is 6.19. The average molecular weight is 540 g/mol. The van der Waals surface area contributed by atoms with Gasteiger partial charge in [0.1, 0.15) is 11.4 Å². The van der Waals surface area contributed by atoms with Crippen molar-refractivity contribution < 1.29 is 29.6 Å². The Bertz CT molecular complexity index is 1410. The number of carbonyl (C=O) groups is 2. The summed E-state index contributed by atoms with van der Waals surface area (Å²) < 4.78 is 74.7. The topological polar surface area (TPSA) is 149 Å². The second-order valence-corrected chi connectivity index (χ2v) is 10.6. The zero-order valence-electron chi connectivity index (χ0n) is 26.3. The lowest BCUT2D eigenvalue weighted by molar-refractivity contribution is 0.0992. The van der Waals surface area contributed by atoms with Gasteiger partial charge < -0.3 is 20.7 Å². The number of aromatic nitrogens is 2. The first-order valence-electron chi connectivity index (χ1n) is 14.7. The Morgan fingerprint density at radius 1 is 1.32 bits per heavy atom. The molecule has 3 rings (SSSR count). The van der Waals surface area contributed by atoms with Crippen molar-refractivity contribution in [3.8, 4) is 5.75 Å². The molecule has 0 radical (unpaired) electrons. The molecule has 37 heavy (non-hydrogen) atoms. The molecule has 1 aliphatic heterocycles. The Morgan fingerprint density at radius 3 is 2.73 bits per heavy atom. The highest BCUT2D eigenvalue weighted by atomic mass is 32.2. The van der Waals surface area contributed by atoms with Crippen molar-refractivity contribution in [1.29, 1.82) is 0 Å². The Balaban J connectivity index is 2.02. The van der Waals surface area contributed by atoms with Crippen molar-refractivity contribution in [2.45, 2.75) is 63.3 Å². The molecule has 1 unspecified atom stereocenters. The second kappa shape index (κ2) is 12.5. The molecule has 2 heterocycles. The zero-order valence-corrected chi connectivity index (χ0v) is 22.2. The Hall–Kier alpha value is -2.96. The monoisotopic (exact) mass is 539 g/mol. The van der Waals surface area contributed by atoms with Crippen LogP contribution in [0.2, 0.25) is 0 Å². The van der Waals surface area contributed by atoms with Crippen LogP contribution in [0.4, 0.5) is 5.69 Å². The van der Waals surface area contributed by atoms with E-state index >= 15 is 0 Å². The first-order chi connectivity index (χ1) is 19.5. The number of amides is 2. The smallest absolute Gasteiger partial charge is 0.269 e. The van der Waals surface area contributed by atoms with E-state index in [0.29, 0.717) is 17.5 Å². The number of benzene rings is 1. The fourth-order valence-electron chi connectivity index (χ4n) is 4.21. The lowest BCUT2D eigenvalue weighted by Gasteiger charge is -2.19. The highest BCUT2D eigenvalue weighted by Crippen LogP contribution is 2.27. The van der Waals surface area contributed by atoms with E-state index in [2.05, 4.69) is 20.0 Å². The van der Waals surface area contributed by atoms with Crippen LogP contribution in [-0.2, 0) is 23.4 Å². The van der Waals surface area contributed by atoms with Crippen molar-refractivity contribution in [2.24, 2.45) is 12.7 Å². The molecule has 0 aliphatic carbocycles. The second-order valence-electron chi connectivity index (χ2n) is 8.80. The van der Waals surface area contributed by atoms with E-state index in [0.717, 1.165) is 25.5 Å². The van der Waals surface area contributed by atoms with E-state index in [-0.39, 0.29) is 41.8 Å².